The van der Waals surface area contributed by atoms with Gasteiger partial charge in [0.25, 0.3) is 0 Å². The lowest BCUT2D eigenvalue weighted by molar-refractivity contribution is -0.478. The van der Waals surface area contributed by atoms with Gasteiger partial charge in [-0.1, -0.05) is 19.3 Å². The Hall–Kier alpha value is -0.640. The van der Waals surface area contributed by atoms with Crippen LogP contribution in [0.5, 0.6) is 0 Å². The van der Waals surface area contributed by atoms with E-state index in [0.717, 1.165) is 0 Å². The molecule has 0 aromatic heterocycles. The lowest BCUT2D eigenvalue weighted by Crippen LogP contribution is -2.34. The van der Waals surface area contributed by atoms with Crippen LogP contribution in [0.15, 0.2) is 0 Å². The Morgan fingerprint density at radius 2 is 2.00 bits per heavy atom. The molecule has 1 saturated carbocycles. The minimum absolute atomic E-state index is 0.0521. The number of nitrogens with one attached hydrogen (secondary N) is 1. The van der Waals surface area contributed by atoms with Gasteiger partial charge in [-0.25, -0.2) is 0 Å². The molecule has 1 rings (SSSR count). The molecule has 1 aliphatic carbocycles. The van der Waals surface area contributed by atoms with Crippen molar-refractivity contribution in [1.29, 1.82) is 0 Å². The maximum Gasteiger partial charge on any atom is 0.216 e. The van der Waals surface area contributed by atoms with E-state index in [1.165, 1.54) is 32.1 Å². The Morgan fingerprint density at radius 3 is 2.58 bits per heavy atom. The van der Waals surface area contributed by atoms with Gasteiger partial charge in [0, 0.05) is 11.0 Å². The lowest BCUT2D eigenvalue weighted by atomic mass is 9.96. The summed E-state index contributed by atoms with van der Waals surface area (Å²) in [5.41, 5.74) is 0. The summed E-state index contributed by atoms with van der Waals surface area (Å²) in [5.74, 6) is 0. The van der Waals surface area contributed by atoms with Crippen LogP contribution >= 0.6 is 0 Å². The Balaban J connectivity index is 2.01. The van der Waals surface area contributed by atoms with Crippen molar-refractivity contribution < 1.29 is 4.92 Å². The molecule has 4 heteroatoms. The third kappa shape index (κ3) is 3.67. The van der Waals surface area contributed by atoms with E-state index in [-0.39, 0.29) is 11.5 Å². The van der Waals surface area contributed by atoms with Gasteiger partial charge < -0.3 is 5.32 Å². The molecule has 0 aliphatic heterocycles. The number of hydrogen-bond donors (Lipinski definition) is 1. The standard InChI is InChI=1S/C8H16N2O2/c11-10(12)7-6-9-8-4-2-1-3-5-8/h8-9H,1-7H2. The zero-order valence-corrected chi connectivity index (χ0v) is 7.29. The lowest BCUT2D eigenvalue weighted by Gasteiger charge is -2.21. The smallest absolute Gasteiger partial charge is 0.216 e. The Bertz CT molecular complexity index is 144. The minimum Gasteiger partial charge on any atom is -0.308 e. The summed E-state index contributed by atoms with van der Waals surface area (Å²) in [6.45, 7) is 0.578. The fraction of sp³-hybridized carbons (Fsp3) is 1.00. The van der Waals surface area contributed by atoms with Gasteiger partial charge >= 0.3 is 0 Å². The molecular weight excluding hydrogens is 156 g/mol. The molecule has 1 aliphatic rings. The van der Waals surface area contributed by atoms with Crippen LogP contribution in [0.25, 0.3) is 0 Å². The van der Waals surface area contributed by atoms with E-state index in [1.54, 1.807) is 0 Å². The molecule has 0 aromatic carbocycles. The molecule has 4 nitrogen and oxygen atoms in total. The van der Waals surface area contributed by atoms with E-state index in [0.29, 0.717) is 12.6 Å². The Labute approximate surface area is 72.5 Å². The van der Waals surface area contributed by atoms with E-state index in [9.17, 15) is 10.1 Å². The molecule has 1 N–H and O–H groups in total. The fourth-order valence-electron chi connectivity index (χ4n) is 1.67. The van der Waals surface area contributed by atoms with Crippen molar-refractivity contribution in [2.24, 2.45) is 0 Å². The van der Waals surface area contributed by atoms with Crippen molar-refractivity contribution in [3.05, 3.63) is 10.1 Å². The Morgan fingerprint density at radius 1 is 1.33 bits per heavy atom. The van der Waals surface area contributed by atoms with Crippen molar-refractivity contribution in [1.82, 2.24) is 5.32 Å². The summed E-state index contributed by atoms with van der Waals surface area (Å²) in [6, 6.07) is 0.540. The zero-order chi connectivity index (χ0) is 8.81. The van der Waals surface area contributed by atoms with E-state index in [1.807, 2.05) is 0 Å². The van der Waals surface area contributed by atoms with Gasteiger partial charge in [0.1, 0.15) is 0 Å². The van der Waals surface area contributed by atoms with Crippen molar-refractivity contribution in [3.8, 4) is 0 Å². The van der Waals surface area contributed by atoms with Crippen molar-refractivity contribution in [2.75, 3.05) is 13.1 Å². The molecule has 0 atom stereocenters. The van der Waals surface area contributed by atoms with E-state index in [2.05, 4.69) is 5.32 Å². The molecule has 0 radical (unpaired) electrons. The van der Waals surface area contributed by atoms with Gasteiger partial charge in [-0.2, -0.15) is 0 Å². The van der Waals surface area contributed by atoms with Crippen LogP contribution < -0.4 is 5.32 Å². The topological polar surface area (TPSA) is 55.2 Å². The minimum atomic E-state index is -0.268. The van der Waals surface area contributed by atoms with Gasteiger partial charge in [-0.15, -0.1) is 0 Å². The van der Waals surface area contributed by atoms with Crippen LogP contribution in [0, 0.1) is 10.1 Å². The predicted octanol–water partition coefficient (Wildman–Crippen LogP) is 1.19. The number of hydrogen-bond acceptors (Lipinski definition) is 3. The van der Waals surface area contributed by atoms with Gasteiger partial charge in [0.15, 0.2) is 0 Å². The maximum absolute atomic E-state index is 10.0. The highest BCUT2D eigenvalue weighted by molar-refractivity contribution is 4.71. The molecule has 0 heterocycles. The van der Waals surface area contributed by atoms with Gasteiger partial charge in [-0.3, -0.25) is 10.1 Å². The van der Waals surface area contributed by atoms with Crippen LogP contribution in [0.4, 0.5) is 0 Å². The van der Waals surface area contributed by atoms with Gasteiger partial charge in [0.2, 0.25) is 6.54 Å². The monoisotopic (exact) mass is 172 g/mol. The van der Waals surface area contributed by atoms with E-state index < -0.39 is 0 Å². The number of nitro groups is 1. The fourth-order valence-corrected chi connectivity index (χ4v) is 1.67. The molecule has 0 amide bonds. The van der Waals surface area contributed by atoms with Gasteiger partial charge in [0.05, 0.1) is 6.54 Å². The molecule has 0 spiro atoms. The summed E-state index contributed by atoms with van der Waals surface area (Å²) in [6.07, 6.45) is 6.26. The van der Waals surface area contributed by atoms with E-state index >= 15 is 0 Å². The Kier molecular flexibility index (Phi) is 4.00. The van der Waals surface area contributed by atoms with Crippen molar-refractivity contribution in [3.63, 3.8) is 0 Å². The third-order valence-corrected chi connectivity index (χ3v) is 2.33. The average Bonchev–Trinajstić information content (AvgIpc) is 2.05. The van der Waals surface area contributed by atoms with Crippen LogP contribution in [0.1, 0.15) is 32.1 Å². The highest BCUT2D eigenvalue weighted by Crippen LogP contribution is 2.16. The quantitative estimate of drug-likeness (QED) is 0.512. The molecule has 1 fully saturated rings. The first-order chi connectivity index (χ1) is 5.79. The SMILES string of the molecule is O=[N+]([O-])CCNC1CCCCC1. The largest absolute Gasteiger partial charge is 0.308 e. The van der Waals surface area contributed by atoms with Crippen LogP contribution in [0.3, 0.4) is 0 Å². The van der Waals surface area contributed by atoms with Crippen LogP contribution in [-0.4, -0.2) is 24.1 Å². The maximum atomic E-state index is 10.0. The second kappa shape index (κ2) is 5.09. The molecule has 0 saturated heterocycles. The highest BCUT2D eigenvalue weighted by atomic mass is 16.6. The predicted molar refractivity (Wildman–Crippen MR) is 46.7 cm³/mol. The second-order valence-corrected chi connectivity index (χ2v) is 3.35. The van der Waals surface area contributed by atoms with Crippen LogP contribution in [0.2, 0.25) is 0 Å². The first-order valence-corrected chi connectivity index (χ1v) is 4.64. The molecule has 0 unspecified atom stereocenters. The summed E-state index contributed by atoms with van der Waals surface area (Å²) < 4.78 is 0. The molecule has 0 aromatic rings. The first-order valence-electron chi connectivity index (χ1n) is 4.64. The molecule has 70 valence electrons. The number of rotatable bonds is 4. The van der Waals surface area contributed by atoms with Crippen molar-refractivity contribution in [2.45, 2.75) is 38.1 Å². The normalized spacial score (nSPS) is 19.3. The first kappa shape index (κ1) is 9.45. The summed E-state index contributed by atoms with van der Waals surface area (Å²) in [7, 11) is 0. The summed E-state index contributed by atoms with van der Waals surface area (Å²) in [4.78, 5) is 9.74. The van der Waals surface area contributed by atoms with Gasteiger partial charge in [-0.05, 0) is 12.8 Å². The second-order valence-electron chi connectivity index (χ2n) is 3.35. The average molecular weight is 172 g/mol. The molecular formula is C8H16N2O2. The number of nitrogens with zero attached hydrogens (tertiary/aromatic N) is 1. The van der Waals surface area contributed by atoms with Crippen LogP contribution in [-0.2, 0) is 0 Å². The highest BCUT2D eigenvalue weighted by Gasteiger charge is 2.12. The third-order valence-electron chi connectivity index (χ3n) is 2.33. The van der Waals surface area contributed by atoms with E-state index in [4.69, 9.17) is 0 Å². The molecule has 0 bridgehead atoms. The summed E-state index contributed by atoms with van der Waals surface area (Å²) >= 11 is 0. The molecule has 12 heavy (non-hydrogen) atoms. The zero-order valence-electron chi connectivity index (χ0n) is 7.29. The summed E-state index contributed by atoms with van der Waals surface area (Å²) in [5, 5.41) is 13.2. The van der Waals surface area contributed by atoms with Crippen molar-refractivity contribution >= 4 is 0 Å².